The molecule has 0 aromatic heterocycles. The molecule has 0 radical (unpaired) electrons. The lowest BCUT2D eigenvalue weighted by Crippen LogP contribution is -2.42. The van der Waals surface area contributed by atoms with Gasteiger partial charge in [-0.05, 0) is 17.7 Å². The molecule has 0 aromatic carbocycles. The van der Waals surface area contributed by atoms with E-state index in [4.69, 9.17) is 19.7 Å². The molecule has 1 heterocycles. The van der Waals surface area contributed by atoms with Crippen LogP contribution in [0.3, 0.4) is 0 Å². The van der Waals surface area contributed by atoms with Gasteiger partial charge in [0.2, 0.25) is 0 Å². The van der Waals surface area contributed by atoms with Gasteiger partial charge in [-0.25, -0.2) is 0 Å². The Kier molecular flexibility index (Phi) is 6.12. The SMILES string of the molecule is CC(=O)OCC(OC(C)=O)C(N=[N+]=[N-])C1C=CC=CO1. The molecule has 1 rings (SSSR count). The Labute approximate surface area is 115 Å². The van der Waals surface area contributed by atoms with Gasteiger partial charge in [-0.3, -0.25) is 9.59 Å². The van der Waals surface area contributed by atoms with Crippen molar-refractivity contribution in [1.82, 2.24) is 0 Å². The molecule has 0 aromatic rings. The van der Waals surface area contributed by atoms with Crippen LogP contribution in [0.15, 0.2) is 29.6 Å². The molecule has 3 atom stereocenters. The summed E-state index contributed by atoms with van der Waals surface area (Å²) in [5.41, 5.74) is 8.64. The molecule has 0 saturated carbocycles. The van der Waals surface area contributed by atoms with Crippen molar-refractivity contribution in [2.24, 2.45) is 5.11 Å². The standard InChI is InChI=1S/C12H15N3O5/c1-8(16)19-7-11(20-9(2)17)12(14-15-13)10-5-3-4-6-18-10/h3-6,10-12H,7H2,1-2H3. The predicted octanol–water partition coefficient (Wildman–Crippen LogP) is 1.63. The van der Waals surface area contributed by atoms with Gasteiger partial charge in [-0.15, -0.1) is 0 Å². The summed E-state index contributed by atoms with van der Waals surface area (Å²) >= 11 is 0. The van der Waals surface area contributed by atoms with Crippen LogP contribution in [0.5, 0.6) is 0 Å². The van der Waals surface area contributed by atoms with E-state index in [9.17, 15) is 9.59 Å². The van der Waals surface area contributed by atoms with Crippen molar-refractivity contribution < 1.29 is 23.8 Å². The van der Waals surface area contributed by atoms with Crippen LogP contribution in [-0.4, -0.2) is 36.8 Å². The quantitative estimate of drug-likeness (QED) is 0.318. The summed E-state index contributed by atoms with van der Waals surface area (Å²) < 4.78 is 15.2. The number of allylic oxidation sites excluding steroid dienone is 2. The lowest BCUT2D eigenvalue weighted by atomic mass is 10.0. The maximum Gasteiger partial charge on any atom is 0.303 e. The van der Waals surface area contributed by atoms with Crippen molar-refractivity contribution in [2.45, 2.75) is 32.1 Å². The number of rotatable bonds is 6. The molecule has 1 aliphatic heterocycles. The van der Waals surface area contributed by atoms with Crippen LogP contribution in [0, 0.1) is 0 Å². The largest absolute Gasteiger partial charge is 0.493 e. The zero-order chi connectivity index (χ0) is 15.0. The number of hydrogen-bond donors (Lipinski definition) is 0. The van der Waals surface area contributed by atoms with Crippen LogP contribution in [0.4, 0.5) is 0 Å². The molecule has 0 fully saturated rings. The molecular formula is C12H15N3O5. The van der Waals surface area contributed by atoms with E-state index in [1.807, 2.05) is 0 Å². The monoisotopic (exact) mass is 281 g/mol. The summed E-state index contributed by atoms with van der Waals surface area (Å²) in [6.07, 6.45) is 4.94. The molecule has 0 spiro atoms. The van der Waals surface area contributed by atoms with E-state index in [1.165, 1.54) is 20.1 Å². The van der Waals surface area contributed by atoms with Crippen LogP contribution in [-0.2, 0) is 23.8 Å². The van der Waals surface area contributed by atoms with E-state index in [1.54, 1.807) is 18.2 Å². The number of azide groups is 1. The van der Waals surface area contributed by atoms with Gasteiger partial charge in [0.15, 0.2) is 0 Å². The van der Waals surface area contributed by atoms with Gasteiger partial charge in [-0.2, -0.15) is 0 Å². The topological polar surface area (TPSA) is 111 Å². The van der Waals surface area contributed by atoms with Gasteiger partial charge >= 0.3 is 11.9 Å². The number of esters is 2. The summed E-state index contributed by atoms with van der Waals surface area (Å²) in [5.74, 6) is -1.10. The third-order valence-electron chi connectivity index (χ3n) is 2.40. The highest BCUT2D eigenvalue weighted by atomic mass is 16.6. The van der Waals surface area contributed by atoms with E-state index in [0.717, 1.165) is 0 Å². The van der Waals surface area contributed by atoms with Gasteiger partial charge < -0.3 is 14.2 Å². The highest BCUT2D eigenvalue weighted by Crippen LogP contribution is 2.17. The van der Waals surface area contributed by atoms with Crippen molar-refractivity contribution in [3.05, 3.63) is 34.9 Å². The highest BCUT2D eigenvalue weighted by Gasteiger charge is 2.32. The summed E-state index contributed by atoms with van der Waals surface area (Å²) in [7, 11) is 0. The Bertz CT molecular complexity index is 468. The molecule has 1 aliphatic rings. The molecule has 108 valence electrons. The van der Waals surface area contributed by atoms with Crippen LogP contribution in [0.2, 0.25) is 0 Å². The summed E-state index contributed by atoms with van der Waals surface area (Å²) in [6.45, 7) is 2.23. The number of carbonyl (C=O) groups excluding carboxylic acids is 2. The second-order valence-electron chi connectivity index (χ2n) is 3.96. The van der Waals surface area contributed by atoms with Gasteiger partial charge in [0, 0.05) is 18.8 Å². The normalized spacial score (nSPS) is 19.2. The second kappa shape index (κ2) is 7.85. The van der Waals surface area contributed by atoms with E-state index in [0.29, 0.717) is 0 Å². The molecule has 0 saturated heterocycles. The first kappa shape index (κ1) is 15.6. The average Bonchev–Trinajstić information content (AvgIpc) is 2.41. The predicted molar refractivity (Wildman–Crippen MR) is 68.3 cm³/mol. The van der Waals surface area contributed by atoms with Crippen molar-refractivity contribution in [3.63, 3.8) is 0 Å². The zero-order valence-electron chi connectivity index (χ0n) is 11.1. The molecule has 8 heteroatoms. The Morgan fingerprint density at radius 3 is 2.65 bits per heavy atom. The van der Waals surface area contributed by atoms with Crippen LogP contribution < -0.4 is 0 Å². The van der Waals surface area contributed by atoms with Crippen LogP contribution >= 0.6 is 0 Å². The zero-order valence-corrected chi connectivity index (χ0v) is 11.1. The fraction of sp³-hybridized carbons (Fsp3) is 0.500. The third-order valence-corrected chi connectivity index (χ3v) is 2.40. The second-order valence-corrected chi connectivity index (χ2v) is 3.96. The minimum atomic E-state index is -0.923. The minimum Gasteiger partial charge on any atom is -0.493 e. The van der Waals surface area contributed by atoms with Crippen LogP contribution in [0.25, 0.3) is 10.4 Å². The van der Waals surface area contributed by atoms with Gasteiger partial charge in [0.1, 0.15) is 24.9 Å². The van der Waals surface area contributed by atoms with Gasteiger partial charge in [-0.1, -0.05) is 11.2 Å². The van der Waals surface area contributed by atoms with Crippen molar-refractivity contribution in [3.8, 4) is 0 Å². The minimum absolute atomic E-state index is 0.212. The molecule has 0 N–H and O–H groups in total. The molecular weight excluding hydrogens is 266 g/mol. The highest BCUT2D eigenvalue weighted by molar-refractivity contribution is 5.67. The van der Waals surface area contributed by atoms with Gasteiger partial charge in [0.25, 0.3) is 0 Å². The number of nitrogens with zero attached hydrogens (tertiary/aromatic N) is 3. The lowest BCUT2D eigenvalue weighted by Gasteiger charge is -2.28. The third kappa shape index (κ3) is 5.03. The Morgan fingerprint density at radius 2 is 2.15 bits per heavy atom. The Hall–Kier alpha value is -2.47. The molecule has 8 nitrogen and oxygen atoms in total. The number of hydrogen-bond acceptors (Lipinski definition) is 6. The first-order valence-corrected chi connectivity index (χ1v) is 5.88. The van der Waals surface area contributed by atoms with Crippen LogP contribution in [0.1, 0.15) is 13.8 Å². The Balaban J connectivity index is 2.87. The van der Waals surface area contributed by atoms with Crippen molar-refractivity contribution in [2.75, 3.05) is 6.61 Å². The molecule has 20 heavy (non-hydrogen) atoms. The van der Waals surface area contributed by atoms with E-state index < -0.39 is 30.2 Å². The molecule has 0 aliphatic carbocycles. The summed E-state index contributed by atoms with van der Waals surface area (Å²) in [4.78, 5) is 24.7. The number of carbonyl (C=O) groups is 2. The lowest BCUT2D eigenvalue weighted by molar-refractivity contribution is -0.158. The van der Waals surface area contributed by atoms with Gasteiger partial charge in [0.05, 0.1) is 6.26 Å². The Morgan fingerprint density at radius 1 is 1.40 bits per heavy atom. The first-order valence-electron chi connectivity index (χ1n) is 5.88. The smallest absolute Gasteiger partial charge is 0.303 e. The summed E-state index contributed by atoms with van der Waals surface area (Å²) in [6, 6.07) is -0.843. The van der Waals surface area contributed by atoms with Crippen molar-refractivity contribution >= 4 is 11.9 Å². The first-order chi connectivity index (χ1) is 9.54. The summed E-state index contributed by atoms with van der Waals surface area (Å²) in [5, 5.41) is 3.58. The van der Waals surface area contributed by atoms with E-state index in [2.05, 4.69) is 10.0 Å². The van der Waals surface area contributed by atoms with Crippen molar-refractivity contribution in [1.29, 1.82) is 0 Å². The maximum atomic E-state index is 11.1. The van der Waals surface area contributed by atoms with E-state index in [-0.39, 0.29) is 6.61 Å². The fourth-order valence-electron chi connectivity index (χ4n) is 1.62. The molecule has 0 amide bonds. The fourth-order valence-corrected chi connectivity index (χ4v) is 1.62. The number of ether oxygens (including phenoxy) is 3. The molecule has 3 unspecified atom stereocenters. The van der Waals surface area contributed by atoms with E-state index >= 15 is 0 Å². The average molecular weight is 281 g/mol. The maximum absolute atomic E-state index is 11.1. The molecule has 0 bridgehead atoms.